The number of hydrogen-bond donors (Lipinski definition) is 3. The summed E-state index contributed by atoms with van der Waals surface area (Å²) in [6.07, 6.45) is 0. The van der Waals surface area contributed by atoms with Crippen LogP contribution in [-0.2, 0) is 6.54 Å². The van der Waals surface area contributed by atoms with Crippen molar-refractivity contribution in [2.75, 3.05) is 0 Å². The number of aromatic carboxylic acids is 1. The second-order valence-electron chi connectivity index (χ2n) is 4.35. The molecule has 0 heterocycles. The molecule has 0 radical (unpaired) electrons. The molecule has 0 aliphatic carbocycles. The Labute approximate surface area is 134 Å². The maximum Gasteiger partial charge on any atom is 0.335 e. The fourth-order valence-corrected chi connectivity index (χ4v) is 2.04. The van der Waals surface area contributed by atoms with Gasteiger partial charge in [0.25, 0.3) is 5.91 Å². The molecular formula is C15H12INO4. The molecule has 0 fully saturated rings. The van der Waals surface area contributed by atoms with Crippen molar-refractivity contribution in [3.8, 4) is 5.75 Å². The minimum atomic E-state index is -0.986. The third-order valence-electron chi connectivity index (χ3n) is 2.86. The van der Waals surface area contributed by atoms with Gasteiger partial charge in [0.2, 0.25) is 0 Å². The summed E-state index contributed by atoms with van der Waals surface area (Å²) in [6.45, 7) is 0.283. The van der Waals surface area contributed by atoms with Gasteiger partial charge in [0.15, 0.2) is 0 Å². The predicted molar refractivity (Wildman–Crippen MR) is 85.4 cm³/mol. The number of rotatable bonds is 4. The first kappa shape index (κ1) is 15.3. The van der Waals surface area contributed by atoms with Crippen LogP contribution in [0.2, 0.25) is 0 Å². The number of benzene rings is 2. The van der Waals surface area contributed by atoms with Crippen LogP contribution in [0, 0.1) is 3.57 Å². The smallest absolute Gasteiger partial charge is 0.335 e. The predicted octanol–water partition coefficient (Wildman–Crippen LogP) is 2.62. The second-order valence-corrected chi connectivity index (χ2v) is 5.51. The van der Waals surface area contributed by atoms with Crippen molar-refractivity contribution in [3.63, 3.8) is 0 Å². The molecule has 108 valence electrons. The van der Waals surface area contributed by atoms with E-state index in [0.29, 0.717) is 9.13 Å². The van der Waals surface area contributed by atoms with Crippen molar-refractivity contribution in [2.45, 2.75) is 6.54 Å². The zero-order chi connectivity index (χ0) is 15.4. The van der Waals surface area contributed by atoms with Gasteiger partial charge in [-0.3, -0.25) is 4.79 Å². The number of carboxylic acid groups (broad SMARTS) is 1. The van der Waals surface area contributed by atoms with Crippen LogP contribution >= 0.6 is 22.6 Å². The molecule has 0 aliphatic rings. The minimum absolute atomic E-state index is 0.0639. The number of amides is 1. The Morgan fingerprint density at radius 2 is 1.67 bits per heavy atom. The van der Waals surface area contributed by atoms with Gasteiger partial charge in [0.1, 0.15) is 5.75 Å². The van der Waals surface area contributed by atoms with Gasteiger partial charge in [-0.2, -0.15) is 0 Å². The number of phenols is 1. The first-order chi connectivity index (χ1) is 9.97. The van der Waals surface area contributed by atoms with Gasteiger partial charge >= 0.3 is 5.97 Å². The van der Waals surface area contributed by atoms with Crippen LogP contribution in [0.1, 0.15) is 26.3 Å². The van der Waals surface area contributed by atoms with E-state index in [4.69, 9.17) is 5.11 Å². The number of hydrogen-bond acceptors (Lipinski definition) is 3. The highest BCUT2D eigenvalue weighted by atomic mass is 127. The Kier molecular flexibility index (Phi) is 4.79. The molecule has 6 heteroatoms. The lowest BCUT2D eigenvalue weighted by molar-refractivity contribution is 0.0696. The molecule has 0 spiro atoms. The topological polar surface area (TPSA) is 86.6 Å². The average molecular weight is 397 g/mol. The van der Waals surface area contributed by atoms with E-state index in [0.717, 1.165) is 5.56 Å². The van der Waals surface area contributed by atoms with Crippen LogP contribution in [0.5, 0.6) is 5.75 Å². The Hall–Kier alpha value is -2.09. The summed E-state index contributed by atoms with van der Waals surface area (Å²) in [4.78, 5) is 22.7. The molecule has 2 aromatic rings. The van der Waals surface area contributed by atoms with Crippen molar-refractivity contribution in [1.29, 1.82) is 0 Å². The lowest BCUT2D eigenvalue weighted by atomic mass is 10.1. The van der Waals surface area contributed by atoms with E-state index < -0.39 is 5.97 Å². The van der Waals surface area contributed by atoms with Crippen molar-refractivity contribution in [2.24, 2.45) is 0 Å². The number of halogens is 1. The van der Waals surface area contributed by atoms with E-state index >= 15 is 0 Å². The van der Waals surface area contributed by atoms with Crippen molar-refractivity contribution < 1.29 is 19.8 Å². The van der Waals surface area contributed by atoms with E-state index in [1.54, 1.807) is 24.3 Å². The molecule has 0 aliphatic heterocycles. The van der Waals surface area contributed by atoms with Gasteiger partial charge in [-0.15, -0.1) is 0 Å². The zero-order valence-corrected chi connectivity index (χ0v) is 13.0. The van der Waals surface area contributed by atoms with Crippen molar-refractivity contribution in [3.05, 3.63) is 62.7 Å². The highest BCUT2D eigenvalue weighted by molar-refractivity contribution is 14.1. The van der Waals surface area contributed by atoms with Gasteiger partial charge in [-0.1, -0.05) is 12.1 Å². The Morgan fingerprint density at radius 1 is 1.05 bits per heavy atom. The number of aromatic hydroxyl groups is 1. The van der Waals surface area contributed by atoms with E-state index in [9.17, 15) is 14.7 Å². The number of carboxylic acids is 1. The quantitative estimate of drug-likeness (QED) is 0.693. The molecule has 0 saturated heterocycles. The van der Waals surface area contributed by atoms with Gasteiger partial charge in [-0.25, -0.2) is 4.79 Å². The Balaban J connectivity index is 2.00. The zero-order valence-electron chi connectivity index (χ0n) is 10.8. The molecule has 2 rings (SSSR count). The van der Waals surface area contributed by atoms with Crippen molar-refractivity contribution >= 4 is 34.5 Å². The first-order valence-electron chi connectivity index (χ1n) is 6.06. The van der Waals surface area contributed by atoms with E-state index in [-0.39, 0.29) is 23.8 Å². The summed E-state index contributed by atoms with van der Waals surface area (Å²) in [5, 5.41) is 21.1. The lowest BCUT2D eigenvalue weighted by Crippen LogP contribution is -2.22. The van der Waals surface area contributed by atoms with Gasteiger partial charge in [0.05, 0.1) is 9.13 Å². The summed E-state index contributed by atoms with van der Waals surface area (Å²) in [7, 11) is 0. The Morgan fingerprint density at radius 3 is 2.24 bits per heavy atom. The molecular weight excluding hydrogens is 385 g/mol. The summed E-state index contributed by atoms with van der Waals surface area (Å²) in [5.74, 6) is -1.22. The summed E-state index contributed by atoms with van der Waals surface area (Å²) in [5.41, 5.74) is 1.37. The van der Waals surface area contributed by atoms with E-state index in [1.165, 1.54) is 18.2 Å². The summed E-state index contributed by atoms with van der Waals surface area (Å²) < 4.78 is 0.674. The van der Waals surface area contributed by atoms with Gasteiger partial charge in [-0.05, 0) is 58.5 Å². The van der Waals surface area contributed by atoms with Crippen LogP contribution < -0.4 is 5.32 Å². The molecule has 3 N–H and O–H groups in total. The van der Waals surface area contributed by atoms with E-state index in [1.807, 2.05) is 22.6 Å². The van der Waals surface area contributed by atoms with Gasteiger partial charge < -0.3 is 15.5 Å². The molecule has 0 saturated carbocycles. The molecule has 21 heavy (non-hydrogen) atoms. The van der Waals surface area contributed by atoms with Crippen LogP contribution in [0.3, 0.4) is 0 Å². The molecule has 0 atom stereocenters. The van der Waals surface area contributed by atoms with Crippen molar-refractivity contribution in [1.82, 2.24) is 5.32 Å². The maximum atomic E-state index is 11.9. The standard InChI is InChI=1S/C15H12INO4/c16-12-6-5-11(7-13(12)18)14(19)17-8-9-1-3-10(4-2-9)15(20)21/h1-7,18H,8H2,(H,17,19)(H,20,21). The van der Waals surface area contributed by atoms with E-state index in [2.05, 4.69) is 5.32 Å². The normalized spacial score (nSPS) is 10.1. The summed E-state index contributed by atoms with van der Waals surface area (Å²) in [6, 6.07) is 11.0. The number of carbonyl (C=O) groups excluding carboxylic acids is 1. The third kappa shape index (κ3) is 3.94. The Bertz CT molecular complexity index is 683. The SMILES string of the molecule is O=C(O)c1ccc(CNC(=O)c2ccc(I)c(O)c2)cc1. The van der Waals surface area contributed by atoms with Gasteiger partial charge in [0, 0.05) is 12.1 Å². The van der Waals surface area contributed by atoms with Crippen LogP contribution in [0.25, 0.3) is 0 Å². The number of carbonyl (C=O) groups is 2. The highest BCUT2D eigenvalue weighted by Crippen LogP contribution is 2.20. The molecule has 1 amide bonds. The molecule has 5 nitrogen and oxygen atoms in total. The first-order valence-corrected chi connectivity index (χ1v) is 7.14. The average Bonchev–Trinajstić information content (AvgIpc) is 2.48. The lowest BCUT2D eigenvalue weighted by Gasteiger charge is -2.07. The molecule has 0 aromatic heterocycles. The minimum Gasteiger partial charge on any atom is -0.507 e. The number of nitrogens with one attached hydrogen (secondary N) is 1. The fraction of sp³-hybridized carbons (Fsp3) is 0.0667. The summed E-state index contributed by atoms with van der Waals surface area (Å²) >= 11 is 1.97. The molecule has 0 unspecified atom stereocenters. The third-order valence-corrected chi connectivity index (χ3v) is 3.77. The largest absolute Gasteiger partial charge is 0.507 e. The van der Waals surface area contributed by atoms with Crippen LogP contribution in [-0.4, -0.2) is 22.1 Å². The highest BCUT2D eigenvalue weighted by Gasteiger charge is 2.08. The van der Waals surface area contributed by atoms with Crippen LogP contribution in [0.4, 0.5) is 0 Å². The molecule has 0 bridgehead atoms. The molecule has 2 aromatic carbocycles. The second kappa shape index (κ2) is 6.57. The monoisotopic (exact) mass is 397 g/mol. The van der Waals surface area contributed by atoms with Crippen LogP contribution in [0.15, 0.2) is 42.5 Å². The maximum absolute atomic E-state index is 11.9. The fourth-order valence-electron chi connectivity index (χ4n) is 1.70. The number of phenolic OH excluding ortho intramolecular Hbond substituents is 1.